The zero-order valence-corrected chi connectivity index (χ0v) is 15.5. The van der Waals surface area contributed by atoms with E-state index < -0.39 is 27.8 Å². The number of carbonyl (C=O) groups excluding carboxylic acids is 1. The summed E-state index contributed by atoms with van der Waals surface area (Å²) in [6.07, 6.45) is -1.11. The molecule has 0 spiro atoms. The number of amides is 2. The molecule has 0 saturated carbocycles. The van der Waals surface area contributed by atoms with Crippen molar-refractivity contribution < 1.29 is 26.4 Å². The molecule has 0 aliphatic carbocycles. The minimum Gasteiger partial charge on any atom is -0.368 e. The van der Waals surface area contributed by atoms with E-state index in [0.717, 1.165) is 12.3 Å². The van der Waals surface area contributed by atoms with E-state index in [-0.39, 0.29) is 24.9 Å². The molecule has 1 aliphatic heterocycles. The van der Waals surface area contributed by atoms with Crippen molar-refractivity contribution >= 4 is 21.9 Å². The summed E-state index contributed by atoms with van der Waals surface area (Å²) in [5.74, 6) is -0.291. The molecule has 0 bridgehead atoms. The maximum absolute atomic E-state index is 12.8. The van der Waals surface area contributed by atoms with Crippen LogP contribution in [-0.2, 0) is 16.2 Å². The van der Waals surface area contributed by atoms with Crippen LogP contribution in [0.25, 0.3) is 0 Å². The first kappa shape index (κ1) is 21.2. The van der Waals surface area contributed by atoms with Crippen molar-refractivity contribution in [2.75, 3.05) is 37.8 Å². The highest BCUT2D eigenvalue weighted by molar-refractivity contribution is 7.88. The van der Waals surface area contributed by atoms with Gasteiger partial charge in [-0.15, -0.1) is 0 Å². The van der Waals surface area contributed by atoms with E-state index in [0.29, 0.717) is 25.9 Å². The van der Waals surface area contributed by atoms with Gasteiger partial charge in [-0.25, -0.2) is 22.5 Å². The van der Waals surface area contributed by atoms with Crippen molar-refractivity contribution in [2.45, 2.75) is 25.1 Å². The van der Waals surface area contributed by atoms with Gasteiger partial charge in [0, 0.05) is 38.4 Å². The summed E-state index contributed by atoms with van der Waals surface area (Å²) in [4.78, 5) is 15.5. The minimum absolute atomic E-state index is 0.0695. The highest BCUT2D eigenvalue weighted by Crippen LogP contribution is 2.33. The highest BCUT2D eigenvalue weighted by Gasteiger charge is 2.34. The average Bonchev–Trinajstić information content (AvgIpc) is 2.58. The van der Waals surface area contributed by atoms with Gasteiger partial charge < -0.3 is 16.0 Å². The van der Waals surface area contributed by atoms with Gasteiger partial charge in [0.2, 0.25) is 10.0 Å². The van der Waals surface area contributed by atoms with Crippen molar-refractivity contribution in [2.24, 2.45) is 0 Å². The third kappa shape index (κ3) is 6.54. The summed E-state index contributed by atoms with van der Waals surface area (Å²) in [6, 6.07) is 1.53. The average molecular weight is 409 g/mol. The lowest BCUT2D eigenvalue weighted by atomic mass is 10.1. The fourth-order valence-electron chi connectivity index (χ4n) is 2.70. The van der Waals surface area contributed by atoms with Crippen molar-refractivity contribution in [3.63, 3.8) is 0 Å². The fourth-order valence-corrected chi connectivity index (χ4v) is 3.57. The highest BCUT2D eigenvalue weighted by atomic mass is 32.2. The molecule has 27 heavy (non-hydrogen) atoms. The Bertz CT molecular complexity index is 749. The molecule has 1 fully saturated rings. The van der Waals surface area contributed by atoms with Crippen LogP contribution in [0.4, 0.5) is 23.8 Å². The Morgan fingerprint density at radius 1 is 1.30 bits per heavy atom. The van der Waals surface area contributed by atoms with Crippen LogP contribution in [0.5, 0.6) is 0 Å². The van der Waals surface area contributed by atoms with Gasteiger partial charge in [0.15, 0.2) is 0 Å². The van der Waals surface area contributed by atoms with Crippen molar-refractivity contribution in [1.29, 1.82) is 0 Å². The normalized spacial score (nSPS) is 16.7. The number of alkyl halides is 3. The second-order valence-electron chi connectivity index (χ2n) is 6.16. The van der Waals surface area contributed by atoms with Crippen LogP contribution < -0.4 is 16.0 Å². The van der Waals surface area contributed by atoms with Gasteiger partial charge in [0.1, 0.15) is 5.82 Å². The predicted molar refractivity (Wildman–Crippen MR) is 93.7 cm³/mol. The number of hydrogen-bond donors (Lipinski definition) is 3. The molecule has 0 radical (unpaired) electrons. The maximum atomic E-state index is 12.8. The topological polar surface area (TPSA) is 103 Å². The molecule has 2 rings (SSSR count). The van der Waals surface area contributed by atoms with Crippen LogP contribution in [0.15, 0.2) is 18.3 Å². The van der Waals surface area contributed by atoms with Gasteiger partial charge in [-0.3, -0.25) is 0 Å². The second kappa shape index (κ2) is 8.74. The largest absolute Gasteiger partial charge is 0.419 e. The molecular weight excluding hydrogens is 387 g/mol. The Hall–Kier alpha value is -2.08. The van der Waals surface area contributed by atoms with Crippen LogP contribution in [0, 0.1) is 0 Å². The molecule has 1 aromatic rings. The third-order valence-corrected chi connectivity index (χ3v) is 5.38. The number of piperidine rings is 1. The quantitative estimate of drug-likeness (QED) is 0.614. The van der Waals surface area contributed by atoms with Crippen molar-refractivity contribution in [1.82, 2.24) is 19.9 Å². The first-order valence-electron chi connectivity index (χ1n) is 8.33. The number of carbonyl (C=O) groups is 1. The summed E-state index contributed by atoms with van der Waals surface area (Å²) in [7, 11) is -3.23. The molecule has 12 heteroatoms. The lowest BCUT2D eigenvalue weighted by molar-refractivity contribution is -0.137. The maximum Gasteiger partial charge on any atom is 0.419 e. The van der Waals surface area contributed by atoms with E-state index in [1.165, 1.54) is 16.6 Å². The summed E-state index contributed by atoms with van der Waals surface area (Å²) in [6.45, 7) is 0.846. The van der Waals surface area contributed by atoms with Gasteiger partial charge in [0.25, 0.3) is 0 Å². The number of nitrogens with zero attached hydrogens (tertiary/aromatic N) is 2. The number of sulfonamides is 1. The Kier molecular flexibility index (Phi) is 6.87. The summed E-state index contributed by atoms with van der Waals surface area (Å²) >= 11 is 0. The van der Waals surface area contributed by atoms with Crippen LogP contribution in [0.3, 0.4) is 0 Å². The molecule has 0 aromatic carbocycles. The zero-order valence-electron chi connectivity index (χ0n) is 14.7. The number of rotatable bonds is 6. The Balaban J connectivity index is 1.71. The first-order chi connectivity index (χ1) is 12.6. The number of pyridine rings is 1. The zero-order chi connectivity index (χ0) is 20.1. The molecule has 0 unspecified atom stereocenters. The number of hydrogen-bond acceptors (Lipinski definition) is 5. The SMILES string of the molecule is CS(=O)(=O)N1CCC(NC(=O)NCCNc2ncccc2C(F)(F)F)CC1. The van der Waals surface area contributed by atoms with Crippen LogP contribution in [0.1, 0.15) is 18.4 Å². The number of urea groups is 1. The molecule has 152 valence electrons. The molecule has 1 aromatic heterocycles. The second-order valence-corrected chi connectivity index (χ2v) is 8.14. The van der Waals surface area contributed by atoms with Gasteiger partial charge in [0.05, 0.1) is 11.8 Å². The summed E-state index contributed by atoms with van der Waals surface area (Å²) in [5, 5.41) is 7.83. The van der Waals surface area contributed by atoms with Gasteiger partial charge in [-0.2, -0.15) is 13.2 Å². The smallest absolute Gasteiger partial charge is 0.368 e. The molecule has 2 heterocycles. The number of nitrogens with one attached hydrogen (secondary N) is 3. The monoisotopic (exact) mass is 409 g/mol. The number of anilines is 1. The van der Waals surface area contributed by atoms with E-state index in [9.17, 15) is 26.4 Å². The van der Waals surface area contributed by atoms with Gasteiger partial charge in [-0.05, 0) is 25.0 Å². The number of aromatic nitrogens is 1. The van der Waals surface area contributed by atoms with E-state index in [1.807, 2.05) is 0 Å². The van der Waals surface area contributed by atoms with E-state index in [1.54, 1.807) is 0 Å². The first-order valence-corrected chi connectivity index (χ1v) is 10.2. The molecule has 1 aliphatic rings. The predicted octanol–water partition coefficient (Wildman–Crippen LogP) is 1.24. The molecule has 3 N–H and O–H groups in total. The van der Waals surface area contributed by atoms with Crippen molar-refractivity contribution in [3.8, 4) is 0 Å². The fraction of sp³-hybridized carbons (Fsp3) is 0.600. The molecule has 2 amide bonds. The Labute approximate surface area is 155 Å². The van der Waals surface area contributed by atoms with Gasteiger partial charge in [-0.1, -0.05) is 0 Å². The number of halogens is 3. The Morgan fingerprint density at radius 2 is 1.96 bits per heavy atom. The van der Waals surface area contributed by atoms with E-state index >= 15 is 0 Å². The van der Waals surface area contributed by atoms with Gasteiger partial charge >= 0.3 is 12.2 Å². The van der Waals surface area contributed by atoms with Crippen LogP contribution >= 0.6 is 0 Å². The molecule has 0 atom stereocenters. The van der Waals surface area contributed by atoms with Crippen LogP contribution in [0.2, 0.25) is 0 Å². The molecular formula is C15H22F3N5O3S. The lowest BCUT2D eigenvalue weighted by Gasteiger charge is -2.30. The van der Waals surface area contributed by atoms with Crippen molar-refractivity contribution in [3.05, 3.63) is 23.9 Å². The Morgan fingerprint density at radius 3 is 2.56 bits per heavy atom. The van der Waals surface area contributed by atoms with E-state index in [4.69, 9.17) is 0 Å². The van der Waals surface area contributed by atoms with Crippen LogP contribution in [-0.4, -0.2) is 62.2 Å². The minimum atomic E-state index is -4.51. The molecule has 1 saturated heterocycles. The third-order valence-electron chi connectivity index (χ3n) is 4.07. The standard InChI is InChI=1S/C15H22F3N5O3S/c1-27(25,26)23-9-4-11(5-10-23)22-14(24)21-8-7-20-13-12(15(16,17)18)3-2-6-19-13/h2-3,6,11H,4-5,7-10H2,1H3,(H,19,20)(H2,21,22,24). The van der Waals surface area contributed by atoms with E-state index in [2.05, 4.69) is 20.9 Å². The summed E-state index contributed by atoms with van der Waals surface area (Å²) < 4.78 is 62.8. The summed E-state index contributed by atoms with van der Waals surface area (Å²) in [5.41, 5.74) is -0.868. The lowest BCUT2D eigenvalue weighted by Crippen LogP contribution is -2.49. The molecule has 8 nitrogen and oxygen atoms in total.